The molecule has 3 aromatic rings. The summed E-state index contributed by atoms with van der Waals surface area (Å²) in [6.07, 6.45) is 1.44. The van der Waals surface area contributed by atoms with Crippen LogP contribution in [0.25, 0.3) is 6.08 Å². The van der Waals surface area contributed by atoms with Gasteiger partial charge >= 0.3 is 6.03 Å². The van der Waals surface area contributed by atoms with Crippen LogP contribution >= 0.6 is 38.5 Å². The van der Waals surface area contributed by atoms with Gasteiger partial charge in [0.25, 0.3) is 11.8 Å². The average Bonchev–Trinajstić information content (AvgIpc) is 2.83. The molecule has 0 bridgehead atoms. The van der Waals surface area contributed by atoms with Gasteiger partial charge in [0.1, 0.15) is 12.2 Å². The van der Waals surface area contributed by atoms with Crippen molar-refractivity contribution in [3.8, 4) is 11.5 Å². The van der Waals surface area contributed by atoms with E-state index in [1.807, 2.05) is 31.2 Å². The number of halogens is 2. The zero-order chi connectivity index (χ0) is 25.1. The third-order valence-electron chi connectivity index (χ3n) is 5.29. The number of nitrogens with one attached hydrogen (secondary N) is 1. The van der Waals surface area contributed by atoms with Crippen molar-refractivity contribution in [1.82, 2.24) is 5.32 Å². The molecular formula is C26H20BrIN2O5. The van der Waals surface area contributed by atoms with Crippen LogP contribution in [0.15, 0.2) is 70.7 Å². The molecule has 0 saturated carbocycles. The quantitative estimate of drug-likeness (QED) is 0.214. The highest BCUT2D eigenvalue weighted by atomic mass is 127. The summed E-state index contributed by atoms with van der Waals surface area (Å²) in [6.45, 7) is 2.22. The number of hydrogen-bond acceptors (Lipinski definition) is 5. The highest BCUT2D eigenvalue weighted by molar-refractivity contribution is 14.1. The van der Waals surface area contributed by atoms with Crippen molar-refractivity contribution in [1.29, 1.82) is 0 Å². The van der Waals surface area contributed by atoms with E-state index in [0.29, 0.717) is 29.4 Å². The molecule has 0 radical (unpaired) electrons. The Hall–Kier alpha value is -3.18. The molecule has 0 unspecified atom stereocenters. The number of rotatable bonds is 6. The lowest BCUT2D eigenvalue weighted by Crippen LogP contribution is -2.54. The maximum absolute atomic E-state index is 13.1. The fourth-order valence-corrected chi connectivity index (χ4v) is 4.66. The number of ether oxygens (including phenoxy) is 2. The van der Waals surface area contributed by atoms with Gasteiger partial charge < -0.3 is 9.47 Å². The van der Waals surface area contributed by atoms with E-state index in [2.05, 4.69) is 43.8 Å². The molecule has 1 saturated heterocycles. The van der Waals surface area contributed by atoms with Crippen LogP contribution < -0.4 is 19.7 Å². The van der Waals surface area contributed by atoms with Crippen LogP contribution in [-0.2, 0) is 16.2 Å². The van der Waals surface area contributed by atoms with E-state index in [9.17, 15) is 14.4 Å². The lowest BCUT2D eigenvalue weighted by atomic mass is 10.1. The first-order valence-electron chi connectivity index (χ1n) is 10.5. The van der Waals surface area contributed by atoms with Crippen molar-refractivity contribution in [2.75, 3.05) is 12.0 Å². The monoisotopic (exact) mass is 646 g/mol. The standard InChI is InChI=1S/C26H20BrIN2O5/c1-15-7-9-18(10-8-15)30-25(32)19(24(31)29-26(30)33)11-16-12-21(28)23(22(13-16)34-2)35-14-17-5-3-4-6-20(17)27/h3-13H,14H2,1-2H3,(H,29,31,33)/b19-11+. The Morgan fingerprint density at radius 3 is 2.46 bits per heavy atom. The lowest BCUT2D eigenvalue weighted by Gasteiger charge is -2.26. The summed E-state index contributed by atoms with van der Waals surface area (Å²) in [5.41, 5.74) is 2.72. The van der Waals surface area contributed by atoms with Crippen LogP contribution in [-0.4, -0.2) is 25.0 Å². The van der Waals surface area contributed by atoms with E-state index in [-0.39, 0.29) is 5.57 Å². The van der Waals surface area contributed by atoms with Gasteiger partial charge in [0, 0.05) is 10.0 Å². The van der Waals surface area contributed by atoms with Crippen molar-refractivity contribution in [3.05, 3.63) is 91.0 Å². The molecule has 0 aromatic heterocycles. The topological polar surface area (TPSA) is 84.9 Å². The number of carbonyl (C=O) groups is 3. The molecule has 7 nitrogen and oxygen atoms in total. The molecule has 4 amide bonds. The smallest absolute Gasteiger partial charge is 0.335 e. The number of urea groups is 1. The molecule has 0 aliphatic carbocycles. The minimum absolute atomic E-state index is 0.162. The summed E-state index contributed by atoms with van der Waals surface area (Å²) in [6, 6.07) is 17.3. The first-order valence-corrected chi connectivity index (χ1v) is 12.4. The Morgan fingerprint density at radius 1 is 1.06 bits per heavy atom. The Labute approximate surface area is 224 Å². The summed E-state index contributed by atoms with van der Waals surface area (Å²) in [4.78, 5) is 39.0. The molecule has 178 valence electrons. The highest BCUT2D eigenvalue weighted by Crippen LogP contribution is 2.36. The molecule has 1 fully saturated rings. The number of anilines is 1. The lowest BCUT2D eigenvalue weighted by molar-refractivity contribution is -0.122. The summed E-state index contributed by atoms with van der Waals surface area (Å²) in [5.74, 6) is -0.467. The van der Waals surface area contributed by atoms with Gasteiger partial charge in [0.2, 0.25) is 0 Å². The normalized spacial score (nSPS) is 14.8. The van der Waals surface area contributed by atoms with Gasteiger partial charge in [-0.05, 0) is 71.5 Å². The second-order valence-corrected chi connectivity index (χ2v) is 9.72. The number of hydrogen-bond donors (Lipinski definition) is 1. The summed E-state index contributed by atoms with van der Waals surface area (Å²) < 4.78 is 13.2. The minimum atomic E-state index is -0.788. The summed E-state index contributed by atoms with van der Waals surface area (Å²) >= 11 is 5.63. The van der Waals surface area contributed by atoms with E-state index < -0.39 is 17.8 Å². The fraction of sp³-hybridized carbons (Fsp3) is 0.115. The molecule has 1 N–H and O–H groups in total. The first-order chi connectivity index (χ1) is 16.8. The largest absolute Gasteiger partial charge is 0.493 e. The predicted octanol–water partition coefficient (Wildman–Crippen LogP) is 5.62. The molecule has 3 aromatic carbocycles. The van der Waals surface area contributed by atoms with Crippen LogP contribution in [0.5, 0.6) is 11.5 Å². The third kappa shape index (κ3) is 5.40. The second kappa shape index (κ2) is 10.6. The SMILES string of the molecule is COc1cc(/C=C2\C(=O)NC(=O)N(c3ccc(C)cc3)C2=O)cc(I)c1OCc1ccccc1Br. The fourth-order valence-electron chi connectivity index (χ4n) is 3.48. The number of benzene rings is 3. The number of nitrogens with zero attached hydrogens (tertiary/aromatic N) is 1. The Balaban J connectivity index is 1.64. The molecule has 0 spiro atoms. The van der Waals surface area contributed by atoms with E-state index in [1.54, 1.807) is 36.4 Å². The molecule has 1 heterocycles. The Bertz CT molecular complexity index is 1350. The molecule has 4 rings (SSSR count). The van der Waals surface area contributed by atoms with Gasteiger partial charge in [-0.15, -0.1) is 0 Å². The Morgan fingerprint density at radius 2 is 1.77 bits per heavy atom. The number of barbiturate groups is 1. The van der Waals surface area contributed by atoms with Gasteiger partial charge in [-0.2, -0.15) is 0 Å². The second-order valence-electron chi connectivity index (χ2n) is 7.71. The maximum atomic E-state index is 13.1. The van der Waals surface area contributed by atoms with Gasteiger partial charge in [0.05, 0.1) is 16.4 Å². The summed E-state index contributed by atoms with van der Waals surface area (Å²) in [5, 5.41) is 2.24. The van der Waals surface area contributed by atoms with Crippen molar-refractivity contribution >= 4 is 68.1 Å². The first kappa shape index (κ1) is 24.9. The van der Waals surface area contributed by atoms with Crippen LogP contribution in [0.1, 0.15) is 16.7 Å². The van der Waals surface area contributed by atoms with Crippen LogP contribution in [0.2, 0.25) is 0 Å². The van der Waals surface area contributed by atoms with Gasteiger partial charge in [0.15, 0.2) is 11.5 Å². The molecule has 1 aliphatic rings. The van der Waals surface area contributed by atoms with E-state index in [0.717, 1.165) is 24.1 Å². The van der Waals surface area contributed by atoms with Crippen molar-refractivity contribution in [2.45, 2.75) is 13.5 Å². The predicted molar refractivity (Wildman–Crippen MR) is 144 cm³/mol. The maximum Gasteiger partial charge on any atom is 0.335 e. The Kier molecular flexibility index (Phi) is 7.56. The number of amides is 4. The number of methoxy groups -OCH3 is 1. The van der Waals surface area contributed by atoms with E-state index in [1.165, 1.54) is 13.2 Å². The third-order valence-corrected chi connectivity index (χ3v) is 6.86. The zero-order valence-corrected chi connectivity index (χ0v) is 22.5. The van der Waals surface area contributed by atoms with Crippen LogP contribution in [0.3, 0.4) is 0 Å². The van der Waals surface area contributed by atoms with Crippen LogP contribution in [0, 0.1) is 10.5 Å². The number of aryl methyl sites for hydroxylation is 1. The van der Waals surface area contributed by atoms with Gasteiger partial charge in [-0.1, -0.05) is 51.8 Å². The highest BCUT2D eigenvalue weighted by Gasteiger charge is 2.36. The zero-order valence-electron chi connectivity index (χ0n) is 18.8. The van der Waals surface area contributed by atoms with Gasteiger partial charge in [-0.25, -0.2) is 9.69 Å². The van der Waals surface area contributed by atoms with Crippen molar-refractivity contribution in [3.63, 3.8) is 0 Å². The molecule has 0 atom stereocenters. The molecule has 9 heteroatoms. The number of imide groups is 2. The van der Waals surface area contributed by atoms with E-state index in [4.69, 9.17) is 9.47 Å². The van der Waals surface area contributed by atoms with Gasteiger partial charge in [-0.3, -0.25) is 14.9 Å². The molecule has 35 heavy (non-hydrogen) atoms. The van der Waals surface area contributed by atoms with Crippen LogP contribution in [0.4, 0.5) is 10.5 Å². The van der Waals surface area contributed by atoms with E-state index >= 15 is 0 Å². The van der Waals surface area contributed by atoms with Crippen molar-refractivity contribution < 1.29 is 23.9 Å². The average molecular weight is 647 g/mol. The van der Waals surface area contributed by atoms with Crippen molar-refractivity contribution in [2.24, 2.45) is 0 Å². The number of carbonyl (C=O) groups excluding carboxylic acids is 3. The molecule has 1 aliphatic heterocycles. The minimum Gasteiger partial charge on any atom is -0.493 e. The summed E-state index contributed by atoms with van der Waals surface area (Å²) in [7, 11) is 1.52. The molecular weight excluding hydrogens is 627 g/mol.